The van der Waals surface area contributed by atoms with Crippen molar-refractivity contribution in [2.75, 3.05) is 25.9 Å². The van der Waals surface area contributed by atoms with Crippen LogP contribution in [0.3, 0.4) is 0 Å². The molecule has 2 heterocycles. The number of hydrogen-bond acceptors (Lipinski definition) is 10. The van der Waals surface area contributed by atoms with Crippen LogP contribution in [0.5, 0.6) is 5.75 Å². The first kappa shape index (κ1) is 51.6. The molecule has 0 amide bonds. The minimum absolute atomic E-state index is 0.0202. The standard InChI is InChI=1S/C64H91N3O7/c1-59(73)23-7-8-24-62-25-9-10-26-63(33-47(57(62)72)41-29-38(36-66-4)30-43(69)32-41)52-22-21-49-54(51(70)35-60(49,2)64(52,27-28-68)34-50(56(62)63)67-37-59)53-45-16-6-5-13-39(45)19-20-46(53)55(71)58-61(3,74-58)48-18-12-17-44(48)40-14-11-15-42(65)31-40/h11,14-15,29-32,39,44-48,50,52-53,55-56,58,66-69,71,73H,5-10,12-13,16-28,33-37,65H2,1-4H3. The maximum atomic E-state index is 16.1. The predicted molar refractivity (Wildman–Crippen MR) is 289 cm³/mol. The number of fused-ring (bicyclic) bond motifs is 4. The fourth-order valence-electron chi connectivity index (χ4n) is 21.3. The molecule has 2 aromatic rings. The van der Waals surface area contributed by atoms with Crippen molar-refractivity contribution in [3.05, 3.63) is 70.3 Å². The average molecular weight is 1010 g/mol. The molecule has 8 aliphatic carbocycles. The molecule has 12 rings (SSSR count). The van der Waals surface area contributed by atoms with Crippen molar-refractivity contribution in [3.8, 4) is 5.75 Å². The third-order valence-corrected chi connectivity index (χ3v) is 24.1. The number of nitrogen functional groups attached to an aromatic ring is 1. The Morgan fingerprint density at radius 2 is 1.65 bits per heavy atom. The topological polar surface area (TPSA) is 178 Å². The monoisotopic (exact) mass is 1010 g/mol. The van der Waals surface area contributed by atoms with Gasteiger partial charge in [0.05, 0.1) is 17.3 Å². The lowest BCUT2D eigenvalue weighted by molar-refractivity contribution is -0.215. The number of epoxide rings is 1. The molecule has 0 spiro atoms. The number of anilines is 1. The van der Waals surface area contributed by atoms with Crippen molar-refractivity contribution in [1.29, 1.82) is 0 Å². The van der Waals surface area contributed by atoms with E-state index in [0.29, 0.717) is 62.3 Å². The first-order valence-electron chi connectivity index (χ1n) is 30.1. The van der Waals surface area contributed by atoms with E-state index in [4.69, 9.17) is 10.5 Å². The number of ketones is 2. The Morgan fingerprint density at radius 3 is 2.43 bits per heavy atom. The van der Waals surface area contributed by atoms with Crippen LogP contribution in [0.1, 0.15) is 197 Å². The molecule has 74 heavy (non-hydrogen) atoms. The van der Waals surface area contributed by atoms with Gasteiger partial charge in [-0.15, -0.1) is 0 Å². The number of phenols is 1. The van der Waals surface area contributed by atoms with Gasteiger partial charge in [-0.3, -0.25) is 9.59 Å². The lowest BCUT2D eigenvalue weighted by Crippen LogP contribution is -2.72. The van der Waals surface area contributed by atoms with Gasteiger partial charge >= 0.3 is 0 Å². The summed E-state index contributed by atoms with van der Waals surface area (Å²) in [5.74, 6) is 2.06. The highest BCUT2D eigenvalue weighted by atomic mass is 16.6. The van der Waals surface area contributed by atoms with E-state index in [1.807, 2.05) is 32.2 Å². The third-order valence-electron chi connectivity index (χ3n) is 24.1. The normalized spacial score (nSPS) is 45.4. The number of ether oxygens (including phenoxy) is 1. The smallest absolute Gasteiger partial charge is 0.160 e. The number of rotatable bonds is 10. The molecule has 2 aliphatic heterocycles. The highest BCUT2D eigenvalue weighted by molar-refractivity contribution is 6.01. The fraction of sp³-hybridized carbons (Fsp3) is 0.750. The summed E-state index contributed by atoms with van der Waals surface area (Å²) in [5, 5.41) is 55.5. The number of aromatic hydroxyl groups is 1. The molecule has 404 valence electrons. The Labute approximate surface area is 442 Å². The van der Waals surface area contributed by atoms with Crippen molar-refractivity contribution in [3.63, 3.8) is 0 Å². The van der Waals surface area contributed by atoms with Gasteiger partial charge in [0.25, 0.3) is 0 Å². The van der Waals surface area contributed by atoms with Gasteiger partial charge in [0.15, 0.2) is 5.78 Å². The number of phenolic OH excluding ortho intramolecular Hbond substituents is 1. The van der Waals surface area contributed by atoms with E-state index in [1.54, 1.807) is 0 Å². The molecular weight excluding hydrogens is 923 g/mol. The van der Waals surface area contributed by atoms with Gasteiger partial charge in [-0.25, -0.2) is 0 Å². The van der Waals surface area contributed by atoms with Crippen LogP contribution in [0.15, 0.2) is 53.6 Å². The third kappa shape index (κ3) is 7.94. The number of benzene rings is 2. The summed E-state index contributed by atoms with van der Waals surface area (Å²) >= 11 is 0. The molecule has 0 aromatic heterocycles. The van der Waals surface area contributed by atoms with E-state index in [1.165, 1.54) is 24.0 Å². The second-order valence-electron chi connectivity index (χ2n) is 27.6. The SMILES string of the molecule is CNCc1cc(O)cc(C2CC34CCCCC5(CCCCC(C)(O)CNC(CC6(CCO)C3CCC3=C(C7C8CCCCC8CCC7C(O)C7OC7(C)C7CCCC7c7cccc(N)c7)C(=O)CC36C)C54)C2=O)c1. The molecule has 2 aromatic carbocycles. The molecule has 0 radical (unpaired) electrons. The van der Waals surface area contributed by atoms with Crippen molar-refractivity contribution in [1.82, 2.24) is 10.6 Å². The van der Waals surface area contributed by atoms with Gasteiger partial charge in [0, 0.05) is 54.6 Å². The number of Topliss-reactive ketones (excluding diaryl/α,β-unsaturated/α-hetero) is 2. The summed E-state index contributed by atoms with van der Waals surface area (Å²) in [7, 11) is 1.92. The maximum Gasteiger partial charge on any atom is 0.160 e. The molecule has 18 atom stereocenters. The van der Waals surface area contributed by atoms with E-state index in [9.17, 15) is 20.4 Å². The molecule has 10 nitrogen and oxygen atoms in total. The fourth-order valence-corrected chi connectivity index (χ4v) is 21.3. The number of nitrogens with two attached hydrogens (primary N) is 1. The van der Waals surface area contributed by atoms with Crippen LogP contribution in [0, 0.1) is 63.1 Å². The minimum atomic E-state index is -0.905. The summed E-state index contributed by atoms with van der Waals surface area (Å²) < 4.78 is 6.89. The summed E-state index contributed by atoms with van der Waals surface area (Å²) in [6, 6.07) is 14.2. The van der Waals surface area contributed by atoms with Gasteiger partial charge in [0.1, 0.15) is 17.6 Å². The largest absolute Gasteiger partial charge is 0.508 e. The second-order valence-corrected chi connectivity index (χ2v) is 27.6. The van der Waals surface area contributed by atoms with Gasteiger partial charge in [-0.1, -0.05) is 82.1 Å². The number of carbonyl (C=O) groups excluding carboxylic acids is 2. The van der Waals surface area contributed by atoms with Crippen molar-refractivity contribution in [2.45, 2.75) is 216 Å². The van der Waals surface area contributed by atoms with E-state index in [-0.39, 0.29) is 71.2 Å². The summed E-state index contributed by atoms with van der Waals surface area (Å²) in [5.41, 5.74) is 9.49. The highest BCUT2D eigenvalue weighted by Crippen LogP contribution is 2.79. The van der Waals surface area contributed by atoms with Crippen molar-refractivity contribution >= 4 is 17.3 Å². The molecule has 10 aliphatic rings. The zero-order valence-electron chi connectivity index (χ0n) is 45.4. The summed E-state index contributed by atoms with van der Waals surface area (Å²) in [4.78, 5) is 32.0. The molecule has 2 bridgehead atoms. The first-order valence-corrected chi connectivity index (χ1v) is 30.1. The number of aliphatic hydroxyl groups excluding tert-OH is 2. The van der Waals surface area contributed by atoms with E-state index in [2.05, 4.69) is 48.7 Å². The molecule has 8 N–H and O–H groups in total. The van der Waals surface area contributed by atoms with E-state index < -0.39 is 33.6 Å². The van der Waals surface area contributed by atoms with Crippen LogP contribution >= 0.6 is 0 Å². The lowest BCUT2D eigenvalue weighted by atomic mass is 9.32. The van der Waals surface area contributed by atoms with Gasteiger partial charge in [0.2, 0.25) is 0 Å². The maximum absolute atomic E-state index is 16.1. The quantitative estimate of drug-likeness (QED) is 0.0895. The van der Waals surface area contributed by atoms with Gasteiger partial charge < -0.3 is 41.5 Å². The number of β-amino-alcohol motifs (C(OH)–C–C–N with tert-alkyl or cyclic N) is 1. The Hall–Kier alpha value is -3.12. The molecule has 7 saturated carbocycles. The number of hydrogen-bond donors (Lipinski definition) is 7. The predicted octanol–water partition coefficient (Wildman–Crippen LogP) is 10.6. The van der Waals surface area contributed by atoms with Crippen LogP contribution in [0.2, 0.25) is 0 Å². The second kappa shape index (κ2) is 19.1. The lowest BCUT2D eigenvalue weighted by Gasteiger charge is -2.72. The molecule has 2 saturated heterocycles. The average Bonchev–Trinajstić information content (AvgIpc) is 3.71. The zero-order chi connectivity index (χ0) is 51.6. The molecule has 9 fully saturated rings. The van der Waals surface area contributed by atoms with Gasteiger partial charge in [-0.2, -0.15) is 0 Å². The van der Waals surface area contributed by atoms with Crippen LogP contribution < -0.4 is 16.4 Å². The Balaban J connectivity index is 0.971. The Kier molecular flexibility index (Phi) is 13.3. The van der Waals surface area contributed by atoms with E-state index in [0.717, 1.165) is 132 Å². The Bertz CT molecular complexity index is 2530. The van der Waals surface area contributed by atoms with Crippen molar-refractivity contribution < 1.29 is 34.8 Å². The van der Waals surface area contributed by atoms with Crippen LogP contribution in [-0.4, -0.2) is 81.6 Å². The Morgan fingerprint density at radius 1 is 0.865 bits per heavy atom. The summed E-state index contributed by atoms with van der Waals surface area (Å²) in [6.45, 7) is 7.72. The highest BCUT2D eigenvalue weighted by Gasteiger charge is 2.75. The van der Waals surface area contributed by atoms with E-state index >= 15 is 9.59 Å². The first-order chi connectivity index (χ1) is 35.5. The number of carbonyl (C=O) groups is 2. The summed E-state index contributed by atoms with van der Waals surface area (Å²) in [6.07, 6.45) is 20.3. The molecular formula is C64H91N3O7. The van der Waals surface area contributed by atoms with Crippen LogP contribution in [0.4, 0.5) is 5.69 Å². The van der Waals surface area contributed by atoms with Crippen LogP contribution in [0.25, 0.3) is 0 Å². The number of allylic oxidation sites excluding steroid dienone is 2. The molecule has 10 heteroatoms. The van der Waals surface area contributed by atoms with Crippen molar-refractivity contribution in [2.24, 2.45) is 63.1 Å². The van der Waals surface area contributed by atoms with Crippen LogP contribution in [-0.2, 0) is 20.9 Å². The number of aliphatic hydroxyl groups is 3. The minimum Gasteiger partial charge on any atom is -0.508 e. The molecule has 18 unspecified atom stereocenters. The zero-order valence-corrected chi connectivity index (χ0v) is 45.4. The van der Waals surface area contributed by atoms with Gasteiger partial charge in [-0.05, 0) is 215 Å². The number of nitrogens with one attached hydrogen (secondary N) is 2.